The number of fused-ring (bicyclic) bond motifs is 2. The average molecular weight is 498 g/mol. The largest absolute Gasteiger partial charge is 0.474 e. The van der Waals surface area contributed by atoms with Crippen LogP contribution in [0.15, 0.2) is 18.3 Å². The molecule has 2 amide bonds. The second kappa shape index (κ2) is 8.42. The monoisotopic (exact) mass is 497 g/mol. The van der Waals surface area contributed by atoms with E-state index in [1.807, 2.05) is 13.0 Å². The molecule has 36 heavy (non-hydrogen) atoms. The number of H-pyrrole nitrogens is 1. The second-order valence-electron chi connectivity index (χ2n) is 9.67. The maximum atomic E-state index is 13.4. The molecule has 188 valence electrons. The number of amides is 2. The summed E-state index contributed by atoms with van der Waals surface area (Å²) in [6.45, 7) is 0.614. The predicted molar refractivity (Wildman–Crippen MR) is 126 cm³/mol. The molecule has 3 aromatic rings. The lowest BCUT2D eigenvalue weighted by Crippen LogP contribution is -2.34. The first-order valence-electron chi connectivity index (χ1n) is 12.0. The van der Waals surface area contributed by atoms with E-state index in [0.717, 1.165) is 25.7 Å². The highest BCUT2D eigenvalue weighted by Crippen LogP contribution is 2.44. The summed E-state index contributed by atoms with van der Waals surface area (Å²) in [5, 5.41) is 3.13. The predicted octanol–water partition coefficient (Wildman–Crippen LogP) is 4.48. The number of aromatic nitrogens is 3. The molecular weight excluding hydrogens is 472 g/mol. The van der Waals surface area contributed by atoms with Crippen molar-refractivity contribution in [3.8, 4) is 22.8 Å². The zero-order chi connectivity index (χ0) is 25.1. The van der Waals surface area contributed by atoms with E-state index in [0.29, 0.717) is 46.1 Å². The molecule has 3 heterocycles. The van der Waals surface area contributed by atoms with Gasteiger partial charge >= 0.3 is 6.61 Å². The lowest BCUT2D eigenvalue weighted by atomic mass is 9.99. The fourth-order valence-electron chi connectivity index (χ4n) is 4.82. The summed E-state index contributed by atoms with van der Waals surface area (Å²) in [4.78, 5) is 38.3. The first kappa shape index (κ1) is 22.7. The van der Waals surface area contributed by atoms with Crippen LogP contribution in [0.4, 0.5) is 14.7 Å². The minimum atomic E-state index is -3.08. The zero-order valence-electron chi connectivity index (χ0n) is 19.8. The Balaban J connectivity index is 1.46. The number of benzene rings is 1. The standard InChI is InChI=1S/C25H25F2N5O4/c1-11(13-3-4-13)32-10-15-7-14(8-18(36-24(26)27)19(15)23(32)34)17-9-28-21-20(17)22(35-16-5-6-16)31-25(30-21)29-12(2)33/h7-9,11,13,16,24H,3-6,10H2,1-2H3,(H2,28,29,30,31,33)/t11-/m0/s1. The maximum absolute atomic E-state index is 13.4. The Bertz CT molecular complexity index is 1380. The Morgan fingerprint density at radius 1 is 1.22 bits per heavy atom. The highest BCUT2D eigenvalue weighted by Gasteiger charge is 2.40. The smallest absolute Gasteiger partial charge is 0.387 e. The molecule has 2 aliphatic carbocycles. The van der Waals surface area contributed by atoms with Crippen LogP contribution in [0.3, 0.4) is 0 Å². The van der Waals surface area contributed by atoms with Crippen LogP contribution in [-0.2, 0) is 11.3 Å². The van der Waals surface area contributed by atoms with Crippen molar-refractivity contribution in [3.05, 3.63) is 29.5 Å². The van der Waals surface area contributed by atoms with Crippen molar-refractivity contribution in [3.63, 3.8) is 0 Å². The summed E-state index contributed by atoms with van der Waals surface area (Å²) >= 11 is 0. The molecule has 1 atom stereocenters. The molecule has 0 bridgehead atoms. The van der Waals surface area contributed by atoms with Crippen molar-refractivity contribution in [2.24, 2.45) is 5.92 Å². The molecule has 1 aromatic carbocycles. The molecule has 0 radical (unpaired) electrons. The summed E-state index contributed by atoms with van der Waals surface area (Å²) in [7, 11) is 0. The van der Waals surface area contributed by atoms with Gasteiger partial charge in [0, 0.05) is 31.3 Å². The van der Waals surface area contributed by atoms with Gasteiger partial charge in [0.15, 0.2) is 0 Å². The van der Waals surface area contributed by atoms with E-state index >= 15 is 0 Å². The minimum Gasteiger partial charge on any atom is -0.474 e. The third-order valence-electron chi connectivity index (χ3n) is 6.91. The molecule has 0 unspecified atom stereocenters. The van der Waals surface area contributed by atoms with Crippen LogP contribution >= 0.6 is 0 Å². The highest BCUT2D eigenvalue weighted by atomic mass is 19.3. The number of halogens is 2. The molecule has 2 fully saturated rings. The number of aromatic amines is 1. The summed E-state index contributed by atoms with van der Waals surface area (Å²) in [5.41, 5.74) is 2.44. The summed E-state index contributed by atoms with van der Waals surface area (Å²) < 4.78 is 37.6. The molecule has 3 aliphatic rings. The highest BCUT2D eigenvalue weighted by molar-refractivity contribution is 6.04. The number of nitrogens with zero attached hydrogens (tertiary/aromatic N) is 3. The normalized spacial score (nSPS) is 18.0. The van der Waals surface area contributed by atoms with Crippen molar-refractivity contribution < 1.29 is 27.8 Å². The molecule has 2 saturated carbocycles. The van der Waals surface area contributed by atoms with Crippen LogP contribution in [0.25, 0.3) is 22.2 Å². The Morgan fingerprint density at radius 3 is 2.67 bits per heavy atom. The van der Waals surface area contributed by atoms with Crippen LogP contribution in [-0.4, -0.2) is 50.4 Å². The molecule has 2 N–H and O–H groups in total. The molecular formula is C25H25F2N5O4. The van der Waals surface area contributed by atoms with Crippen molar-refractivity contribution in [2.45, 2.75) is 64.8 Å². The molecule has 9 nitrogen and oxygen atoms in total. The number of hydrogen-bond donors (Lipinski definition) is 2. The van der Waals surface area contributed by atoms with Crippen LogP contribution in [0, 0.1) is 5.92 Å². The summed E-state index contributed by atoms with van der Waals surface area (Å²) in [5.74, 6) is 0.0761. The Kier molecular flexibility index (Phi) is 5.31. The van der Waals surface area contributed by atoms with Crippen LogP contribution < -0.4 is 14.8 Å². The van der Waals surface area contributed by atoms with Crippen molar-refractivity contribution in [1.29, 1.82) is 0 Å². The van der Waals surface area contributed by atoms with E-state index in [4.69, 9.17) is 9.47 Å². The maximum Gasteiger partial charge on any atom is 0.387 e. The van der Waals surface area contributed by atoms with E-state index in [1.165, 1.54) is 13.0 Å². The molecule has 2 aromatic heterocycles. The van der Waals surface area contributed by atoms with E-state index in [2.05, 4.69) is 20.3 Å². The van der Waals surface area contributed by atoms with E-state index in [9.17, 15) is 18.4 Å². The Morgan fingerprint density at radius 2 is 2.00 bits per heavy atom. The fourth-order valence-corrected chi connectivity index (χ4v) is 4.82. The van der Waals surface area contributed by atoms with Gasteiger partial charge in [-0.15, -0.1) is 0 Å². The quantitative estimate of drug-likeness (QED) is 0.475. The van der Waals surface area contributed by atoms with Gasteiger partial charge in [-0.25, -0.2) is 0 Å². The van der Waals surface area contributed by atoms with Gasteiger partial charge in [-0.1, -0.05) is 0 Å². The number of alkyl halides is 2. The molecule has 6 rings (SSSR count). The third-order valence-corrected chi connectivity index (χ3v) is 6.91. The topological polar surface area (TPSA) is 109 Å². The molecule has 11 heteroatoms. The van der Waals surface area contributed by atoms with Crippen molar-refractivity contribution in [2.75, 3.05) is 5.32 Å². The van der Waals surface area contributed by atoms with Crippen molar-refractivity contribution >= 4 is 28.8 Å². The first-order chi connectivity index (χ1) is 17.3. The minimum absolute atomic E-state index is 0.0175. The van der Waals surface area contributed by atoms with Crippen LogP contribution in [0.1, 0.15) is 55.5 Å². The number of carbonyl (C=O) groups is 2. The van der Waals surface area contributed by atoms with Gasteiger partial charge in [-0.2, -0.15) is 18.7 Å². The fraction of sp³-hybridized carbons (Fsp3) is 0.440. The van der Waals surface area contributed by atoms with Gasteiger partial charge in [0.2, 0.25) is 17.7 Å². The number of carbonyl (C=O) groups excluding carboxylic acids is 2. The lowest BCUT2D eigenvalue weighted by molar-refractivity contribution is -0.114. The lowest BCUT2D eigenvalue weighted by Gasteiger charge is -2.24. The number of nitrogens with one attached hydrogen (secondary N) is 2. The number of rotatable bonds is 8. The summed E-state index contributed by atoms with van der Waals surface area (Å²) in [6, 6.07) is 3.32. The van der Waals surface area contributed by atoms with Gasteiger partial charge in [0.05, 0.1) is 10.9 Å². The van der Waals surface area contributed by atoms with Gasteiger partial charge in [0.25, 0.3) is 5.91 Å². The summed E-state index contributed by atoms with van der Waals surface area (Å²) in [6.07, 6.45) is 5.61. The third kappa shape index (κ3) is 4.12. The number of anilines is 1. The Labute approximate surface area is 205 Å². The van der Waals surface area contributed by atoms with Crippen LogP contribution in [0.5, 0.6) is 11.6 Å². The van der Waals surface area contributed by atoms with E-state index < -0.39 is 6.61 Å². The molecule has 0 saturated heterocycles. The second-order valence-corrected chi connectivity index (χ2v) is 9.67. The Hall–Kier alpha value is -3.76. The SMILES string of the molecule is CC(=O)Nc1nc(OC2CC2)c2c(-c3cc4c(c(OC(F)F)c3)C(=O)N([C@@H](C)C3CC3)C4)c[nH]c2n1. The van der Waals surface area contributed by atoms with Gasteiger partial charge in [-0.05, 0) is 61.8 Å². The van der Waals surface area contributed by atoms with Gasteiger partial charge < -0.3 is 19.4 Å². The first-order valence-corrected chi connectivity index (χ1v) is 12.0. The van der Waals surface area contributed by atoms with Gasteiger partial charge in [0.1, 0.15) is 17.5 Å². The van der Waals surface area contributed by atoms with Crippen LogP contribution in [0.2, 0.25) is 0 Å². The number of hydrogen-bond acceptors (Lipinski definition) is 6. The average Bonchev–Trinajstić information content (AvgIpc) is 3.73. The zero-order valence-corrected chi connectivity index (χ0v) is 19.8. The number of ether oxygens (including phenoxy) is 2. The molecule has 0 spiro atoms. The van der Waals surface area contributed by atoms with Gasteiger partial charge in [-0.3, -0.25) is 14.9 Å². The van der Waals surface area contributed by atoms with E-state index in [1.54, 1.807) is 11.1 Å². The van der Waals surface area contributed by atoms with E-state index in [-0.39, 0.29) is 41.2 Å². The van der Waals surface area contributed by atoms with Crippen molar-refractivity contribution in [1.82, 2.24) is 19.9 Å². The molecule has 1 aliphatic heterocycles.